The van der Waals surface area contributed by atoms with E-state index in [1.807, 2.05) is 9.80 Å². The van der Waals surface area contributed by atoms with Crippen molar-refractivity contribution >= 4 is 17.6 Å². The van der Waals surface area contributed by atoms with E-state index in [9.17, 15) is 14.4 Å². The minimum absolute atomic E-state index is 0.0426. The van der Waals surface area contributed by atoms with Gasteiger partial charge in [-0.3, -0.25) is 14.4 Å². The maximum absolute atomic E-state index is 12.8. The van der Waals surface area contributed by atoms with Crippen LogP contribution in [0.2, 0.25) is 0 Å². The lowest BCUT2D eigenvalue weighted by Crippen LogP contribution is -2.39. The van der Waals surface area contributed by atoms with E-state index in [-0.39, 0.29) is 17.6 Å². The average molecular weight is 342 g/mol. The number of nitrogens with zero attached hydrogens (tertiary/aromatic N) is 2. The second-order valence-corrected chi connectivity index (χ2v) is 7.11. The van der Waals surface area contributed by atoms with Crippen LogP contribution in [0.15, 0.2) is 24.3 Å². The van der Waals surface area contributed by atoms with E-state index in [4.69, 9.17) is 0 Å². The summed E-state index contributed by atoms with van der Waals surface area (Å²) in [7, 11) is 0. The van der Waals surface area contributed by atoms with Gasteiger partial charge in [0, 0.05) is 38.2 Å². The van der Waals surface area contributed by atoms with Crippen molar-refractivity contribution in [1.82, 2.24) is 9.80 Å². The van der Waals surface area contributed by atoms with Crippen LogP contribution in [0.4, 0.5) is 0 Å². The van der Waals surface area contributed by atoms with Gasteiger partial charge in [-0.1, -0.05) is 18.2 Å². The number of amides is 2. The molecule has 0 saturated carbocycles. The average Bonchev–Trinajstić information content (AvgIpc) is 3.04. The van der Waals surface area contributed by atoms with Gasteiger partial charge in [0.25, 0.3) is 5.91 Å². The molecule has 5 nitrogen and oxygen atoms in total. The highest BCUT2D eigenvalue weighted by Gasteiger charge is 2.27. The minimum atomic E-state index is -0.0749. The first-order valence-electron chi connectivity index (χ1n) is 9.23. The Morgan fingerprint density at radius 2 is 1.76 bits per heavy atom. The number of Topliss-reactive ketones (excluding diaryl/α,β-unsaturated/α-hetero) is 1. The molecule has 0 bridgehead atoms. The van der Waals surface area contributed by atoms with Gasteiger partial charge in [-0.05, 0) is 44.6 Å². The number of likely N-dealkylation sites (tertiary alicyclic amines) is 2. The van der Waals surface area contributed by atoms with Crippen LogP contribution in [0.25, 0.3) is 0 Å². The van der Waals surface area contributed by atoms with Crippen molar-refractivity contribution in [2.45, 2.75) is 39.0 Å². The van der Waals surface area contributed by atoms with Crippen molar-refractivity contribution in [1.29, 1.82) is 0 Å². The van der Waals surface area contributed by atoms with Gasteiger partial charge in [0.1, 0.15) is 0 Å². The molecule has 2 fully saturated rings. The Hall–Kier alpha value is -2.17. The van der Waals surface area contributed by atoms with Gasteiger partial charge in [-0.2, -0.15) is 0 Å². The van der Waals surface area contributed by atoms with Crippen LogP contribution in [-0.2, 0) is 4.79 Å². The van der Waals surface area contributed by atoms with E-state index in [1.165, 1.54) is 6.92 Å². The lowest BCUT2D eigenvalue weighted by molar-refractivity contribution is -0.127. The topological polar surface area (TPSA) is 57.7 Å². The van der Waals surface area contributed by atoms with Crippen molar-refractivity contribution in [3.8, 4) is 0 Å². The zero-order valence-corrected chi connectivity index (χ0v) is 14.9. The van der Waals surface area contributed by atoms with Crippen LogP contribution < -0.4 is 0 Å². The standard InChI is InChI=1S/C20H26N2O3/c1-15(23)17-5-2-3-6-18(17)20(25)22-13-9-16(10-14-22)8-12-21-11-4-7-19(21)24/h2-3,5-6,16H,4,7-14H2,1H3. The highest BCUT2D eigenvalue weighted by molar-refractivity contribution is 6.07. The van der Waals surface area contributed by atoms with E-state index in [1.54, 1.807) is 24.3 Å². The molecule has 2 amide bonds. The molecule has 0 unspecified atom stereocenters. The Morgan fingerprint density at radius 1 is 1.08 bits per heavy atom. The fraction of sp³-hybridized carbons (Fsp3) is 0.550. The van der Waals surface area contributed by atoms with Crippen molar-refractivity contribution in [2.75, 3.05) is 26.2 Å². The second-order valence-electron chi connectivity index (χ2n) is 7.11. The van der Waals surface area contributed by atoms with Gasteiger partial charge >= 0.3 is 0 Å². The molecule has 2 saturated heterocycles. The summed E-state index contributed by atoms with van der Waals surface area (Å²) in [4.78, 5) is 40.0. The van der Waals surface area contributed by atoms with Crippen molar-refractivity contribution < 1.29 is 14.4 Å². The normalized spacial score (nSPS) is 18.7. The highest BCUT2D eigenvalue weighted by atomic mass is 16.2. The lowest BCUT2D eigenvalue weighted by atomic mass is 9.92. The third-order valence-electron chi connectivity index (χ3n) is 5.42. The number of hydrogen-bond acceptors (Lipinski definition) is 3. The number of hydrogen-bond donors (Lipinski definition) is 0. The van der Waals surface area contributed by atoms with E-state index in [0.717, 1.165) is 51.9 Å². The molecule has 0 atom stereocenters. The first-order valence-corrected chi connectivity index (χ1v) is 9.23. The number of carbonyl (C=O) groups excluding carboxylic acids is 3. The monoisotopic (exact) mass is 342 g/mol. The maximum atomic E-state index is 12.8. The number of carbonyl (C=O) groups is 3. The Labute approximate surface area is 149 Å². The maximum Gasteiger partial charge on any atom is 0.254 e. The Balaban J connectivity index is 1.53. The summed E-state index contributed by atoms with van der Waals surface area (Å²) in [5, 5.41) is 0. The Kier molecular flexibility index (Phi) is 5.51. The van der Waals surface area contributed by atoms with Crippen LogP contribution in [0.1, 0.15) is 59.7 Å². The second kappa shape index (κ2) is 7.81. The zero-order chi connectivity index (χ0) is 17.8. The molecular formula is C20H26N2O3. The summed E-state index contributed by atoms with van der Waals surface area (Å²) in [5.74, 6) is 0.738. The summed E-state index contributed by atoms with van der Waals surface area (Å²) < 4.78 is 0. The van der Waals surface area contributed by atoms with Gasteiger partial charge in [-0.25, -0.2) is 0 Å². The first kappa shape index (κ1) is 17.6. The number of rotatable bonds is 5. The van der Waals surface area contributed by atoms with Crippen LogP contribution in [0.3, 0.4) is 0 Å². The van der Waals surface area contributed by atoms with Gasteiger partial charge in [0.2, 0.25) is 5.91 Å². The summed E-state index contributed by atoms with van der Waals surface area (Å²) >= 11 is 0. The smallest absolute Gasteiger partial charge is 0.254 e. The molecule has 5 heteroatoms. The third-order valence-corrected chi connectivity index (χ3v) is 5.42. The molecule has 0 N–H and O–H groups in total. The van der Waals surface area contributed by atoms with E-state index in [0.29, 0.717) is 23.5 Å². The van der Waals surface area contributed by atoms with Crippen LogP contribution in [0.5, 0.6) is 0 Å². The summed E-state index contributed by atoms with van der Waals surface area (Å²) in [6.45, 7) is 4.70. The summed E-state index contributed by atoms with van der Waals surface area (Å²) in [6, 6.07) is 7.05. The molecule has 0 aliphatic carbocycles. The van der Waals surface area contributed by atoms with Gasteiger partial charge in [-0.15, -0.1) is 0 Å². The number of ketones is 1. The molecule has 2 aliphatic rings. The molecule has 0 radical (unpaired) electrons. The quantitative estimate of drug-likeness (QED) is 0.773. The molecule has 2 heterocycles. The fourth-order valence-electron chi connectivity index (χ4n) is 3.85. The fourth-order valence-corrected chi connectivity index (χ4v) is 3.85. The molecule has 1 aromatic rings. The Morgan fingerprint density at radius 3 is 2.36 bits per heavy atom. The molecule has 0 aromatic heterocycles. The highest BCUT2D eigenvalue weighted by Crippen LogP contribution is 2.24. The van der Waals surface area contributed by atoms with Crippen molar-refractivity contribution in [2.24, 2.45) is 5.92 Å². The molecule has 3 rings (SSSR count). The van der Waals surface area contributed by atoms with E-state index >= 15 is 0 Å². The summed E-state index contributed by atoms with van der Waals surface area (Å²) in [6.07, 6.45) is 4.65. The predicted octanol–water partition coefficient (Wildman–Crippen LogP) is 2.75. The molecule has 2 aliphatic heterocycles. The summed E-state index contributed by atoms with van der Waals surface area (Å²) in [5.41, 5.74) is 1.01. The zero-order valence-electron chi connectivity index (χ0n) is 14.9. The third kappa shape index (κ3) is 4.09. The number of benzene rings is 1. The van der Waals surface area contributed by atoms with Gasteiger partial charge in [0.15, 0.2) is 5.78 Å². The van der Waals surface area contributed by atoms with Gasteiger partial charge < -0.3 is 9.80 Å². The first-order chi connectivity index (χ1) is 12.1. The molecular weight excluding hydrogens is 316 g/mol. The van der Waals surface area contributed by atoms with Crippen molar-refractivity contribution in [3.63, 3.8) is 0 Å². The van der Waals surface area contributed by atoms with Crippen LogP contribution >= 0.6 is 0 Å². The SMILES string of the molecule is CC(=O)c1ccccc1C(=O)N1CCC(CCN2CCCC2=O)CC1. The number of piperidine rings is 1. The van der Waals surface area contributed by atoms with Gasteiger partial charge in [0.05, 0.1) is 5.56 Å². The molecule has 25 heavy (non-hydrogen) atoms. The van der Waals surface area contributed by atoms with Crippen LogP contribution in [-0.4, -0.2) is 53.6 Å². The molecule has 134 valence electrons. The molecule has 0 spiro atoms. The van der Waals surface area contributed by atoms with E-state index in [2.05, 4.69) is 0 Å². The largest absolute Gasteiger partial charge is 0.343 e. The van der Waals surface area contributed by atoms with E-state index < -0.39 is 0 Å². The predicted molar refractivity (Wildman–Crippen MR) is 95.5 cm³/mol. The lowest BCUT2D eigenvalue weighted by Gasteiger charge is -2.33. The Bertz CT molecular complexity index is 663. The minimum Gasteiger partial charge on any atom is -0.343 e. The van der Waals surface area contributed by atoms with Crippen LogP contribution in [0, 0.1) is 5.92 Å². The molecule has 1 aromatic carbocycles. The van der Waals surface area contributed by atoms with Crippen molar-refractivity contribution in [3.05, 3.63) is 35.4 Å².